The van der Waals surface area contributed by atoms with Crippen molar-refractivity contribution < 1.29 is 42.4 Å². The third-order valence-corrected chi connectivity index (χ3v) is 4.85. The topological polar surface area (TPSA) is 107 Å². The number of hydrogen-bond acceptors (Lipinski definition) is 7. The van der Waals surface area contributed by atoms with Crippen LogP contribution in [0.4, 0.5) is 14.5 Å². The SMILES string of the molecule is COc1cc(OC)c(C=CC(=O)Nc2ccc(OC)c(CN(C)C(F)(F)C(=O)O)c2)c(OC)c1. The van der Waals surface area contributed by atoms with Gasteiger partial charge in [0.05, 0.1) is 34.0 Å². The highest BCUT2D eigenvalue weighted by Crippen LogP contribution is 2.35. The molecule has 0 spiro atoms. The molecule has 0 aliphatic rings. The van der Waals surface area contributed by atoms with Crippen molar-refractivity contribution in [2.24, 2.45) is 0 Å². The highest BCUT2D eigenvalue weighted by molar-refractivity contribution is 6.02. The number of alkyl halides is 2. The molecule has 0 fully saturated rings. The molecule has 2 N–H and O–H groups in total. The van der Waals surface area contributed by atoms with Gasteiger partial charge in [-0.15, -0.1) is 0 Å². The number of carboxylic acids is 1. The summed E-state index contributed by atoms with van der Waals surface area (Å²) < 4.78 is 48.6. The van der Waals surface area contributed by atoms with Crippen LogP contribution in [0.3, 0.4) is 0 Å². The smallest absolute Gasteiger partial charge is 0.401 e. The monoisotopic (exact) mass is 480 g/mol. The molecule has 1 amide bonds. The second-order valence-corrected chi connectivity index (χ2v) is 7.00. The lowest BCUT2D eigenvalue weighted by atomic mass is 10.1. The molecule has 0 heterocycles. The fourth-order valence-electron chi connectivity index (χ4n) is 3.04. The van der Waals surface area contributed by atoms with Crippen molar-refractivity contribution in [3.8, 4) is 23.0 Å². The number of nitrogens with zero attached hydrogens (tertiary/aromatic N) is 1. The Balaban J connectivity index is 2.25. The second-order valence-electron chi connectivity index (χ2n) is 7.00. The molecule has 0 saturated carbocycles. The molecule has 0 aromatic heterocycles. The van der Waals surface area contributed by atoms with E-state index in [1.165, 1.54) is 58.8 Å². The van der Waals surface area contributed by atoms with Crippen LogP contribution in [0, 0.1) is 0 Å². The lowest BCUT2D eigenvalue weighted by molar-refractivity contribution is -0.194. The Morgan fingerprint density at radius 3 is 2.09 bits per heavy atom. The van der Waals surface area contributed by atoms with Crippen LogP contribution in [0.5, 0.6) is 23.0 Å². The maximum absolute atomic E-state index is 13.8. The predicted molar refractivity (Wildman–Crippen MR) is 121 cm³/mol. The Morgan fingerprint density at radius 1 is 1.00 bits per heavy atom. The van der Waals surface area contributed by atoms with Gasteiger partial charge in [0.15, 0.2) is 0 Å². The van der Waals surface area contributed by atoms with Gasteiger partial charge in [0.2, 0.25) is 5.91 Å². The van der Waals surface area contributed by atoms with Crippen LogP contribution < -0.4 is 24.3 Å². The van der Waals surface area contributed by atoms with E-state index in [1.54, 1.807) is 12.1 Å². The summed E-state index contributed by atoms with van der Waals surface area (Å²) in [5.74, 6) is -1.16. The van der Waals surface area contributed by atoms with Crippen LogP contribution in [-0.2, 0) is 16.1 Å². The van der Waals surface area contributed by atoms with E-state index in [4.69, 9.17) is 24.1 Å². The number of carboxylic acid groups (broad SMARTS) is 1. The van der Waals surface area contributed by atoms with Crippen molar-refractivity contribution in [3.63, 3.8) is 0 Å². The summed E-state index contributed by atoms with van der Waals surface area (Å²) in [7, 11) is 6.76. The maximum atomic E-state index is 13.8. The van der Waals surface area contributed by atoms with Crippen molar-refractivity contribution in [3.05, 3.63) is 47.5 Å². The summed E-state index contributed by atoms with van der Waals surface area (Å²) in [4.78, 5) is 23.7. The van der Waals surface area contributed by atoms with E-state index < -0.39 is 24.5 Å². The normalized spacial score (nSPS) is 11.4. The molecule has 2 aromatic carbocycles. The number of hydrogen-bond donors (Lipinski definition) is 2. The van der Waals surface area contributed by atoms with Gasteiger partial charge in [-0.3, -0.25) is 4.79 Å². The van der Waals surface area contributed by atoms with Crippen LogP contribution in [-0.4, -0.2) is 63.4 Å². The van der Waals surface area contributed by atoms with Gasteiger partial charge in [-0.25, -0.2) is 9.69 Å². The number of benzene rings is 2. The molecule has 0 atom stereocenters. The number of nitrogens with one attached hydrogen (secondary N) is 1. The van der Waals surface area contributed by atoms with E-state index in [1.807, 2.05) is 0 Å². The molecule has 0 aliphatic heterocycles. The highest BCUT2D eigenvalue weighted by Gasteiger charge is 2.43. The standard InChI is InChI=1S/C23H26F2N2O7/c1-27(23(24,25)22(29)30)13-14-10-15(6-8-18(14)32-3)26-21(28)9-7-17-19(33-4)11-16(31-2)12-20(17)34-5/h6-12H,13H2,1-5H3,(H,26,28)(H,29,30). The number of carbonyl (C=O) groups excluding carboxylic acids is 1. The van der Waals surface area contributed by atoms with E-state index in [0.29, 0.717) is 33.4 Å². The maximum Gasteiger partial charge on any atom is 0.401 e. The summed E-state index contributed by atoms with van der Waals surface area (Å²) in [5.41, 5.74) is 1.06. The Labute approximate surface area is 195 Å². The van der Waals surface area contributed by atoms with Gasteiger partial charge in [-0.05, 0) is 31.3 Å². The molecular formula is C23H26F2N2O7. The van der Waals surface area contributed by atoms with Crippen molar-refractivity contribution in [2.45, 2.75) is 12.6 Å². The lowest BCUT2D eigenvalue weighted by Crippen LogP contribution is -2.44. The van der Waals surface area contributed by atoms with Crippen LogP contribution in [0.2, 0.25) is 0 Å². The number of carbonyl (C=O) groups is 2. The van der Waals surface area contributed by atoms with E-state index >= 15 is 0 Å². The zero-order valence-corrected chi connectivity index (χ0v) is 19.3. The first-order chi connectivity index (χ1) is 16.1. The van der Waals surface area contributed by atoms with E-state index in [0.717, 1.165) is 7.05 Å². The van der Waals surface area contributed by atoms with Gasteiger partial charge in [0, 0.05) is 36.0 Å². The molecule has 0 aliphatic carbocycles. The molecular weight excluding hydrogens is 454 g/mol. The van der Waals surface area contributed by atoms with Gasteiger partial charge in [0.1, 0.15) is 23.0 Å². The predicted octanol–water partition coefficient (Wildman–Crippen LogP) is 3.48. The Bertz CT molecular complexity index is 1050. The molecule has 34 heavy (non-hydrogen) atoms. The quantitative estimate of drug-likeness (QED) is 0.372. The highest BCUT2D eigenvalue weighted by atomic mass is 19.3. The van der Waals surface area contributed by atoms with Crippen molar-refractivity contribution in [1.82, 2.24) is 4.90 Å². The van der Waals surface area contributed by atoms with Crippen molar-refractivity contribution >= 4 is 23.6 Å². The molecule has 0 bridgehead atoms. The third-order valence-electron chi connectivity index (χ3n) is 4.85. The van der Waals surface area contributed by atoms with Crippen LogP contribution in [0.15, 0.2) is 36.4 Å². The summed E-state index contributed by atoms with van der Waals surface area (Å²) in [6, 6.07) is 3.63. The number of halogens is 2. The Kier molecular flexibility index (Phi) is 8.79. The lowest BCUT2D eigenvalue weighted by Gasteiger charge is -2.24. The number of aliphatic carboxylic acids is 1. The van der Waals surface area contributed by atoms with Crippen LogP contribution >= 0.6 is 0 Å². The molecule has 9 nitrogen and oxygen atoms in total. The van der Waals surface area contributed by atoms with E-state index in [2.05, 4.69) is 5.32 Å². The minimum Gasteiger partial charge on any atom is -0.496 e. The number of anilines is 1. The number of amides is 1. The second kappa shape index (κ2) is 11.3. The zero-order chi connectivity index (χ0) is 25.5. The minimum atomic E-state index is -4.08. The van der Waals surface area contributed by atoms with Gasteiger partial charge in [0.25, 0.3) is 0 Å². The zero-order valence-electron chi connectivity index (χ0n) is 19.3. The fourth-order valence-corrected chi connectivity index (χ4v) is 3.04. The molecule has 0 saturated heterocycles. The Hall–Kier alpha value is -3.86. The van der Waals surface area contributed by atoms with Crippen LogP contribution in [0.1, 0.15) is 11.1 Å². The van der Waals surface area contributed by atoms with Gasteiger partial charge >= 0.3 is 12.0 Å². The summed E-state index contributed by atoms with van der Waals surface area (Å²) in [6.45, 7) is -0.442. The molecule has 0 unspecified atom stereocenters. The number of methoxy groups -OCH3 is 4. The molecule has 2 aromatic rings. The van der Waals surface area contributed by atoms with E-state index in [-0.39, 0.29) is 11.3 Å². The summed E-state index contributed by atoms with van der Waals surface area (Å²) in [6.07, 6.45) is 2.75. The molecule has 184 valence electrons. The molecule has 2 rings (SSSR count). The average Bonchev–Trinajstić information content (AvgIpc) is 2.82. The third kappa shape index (κ3) is 6.13. The summed E-state index contributed by atoms with van der Waals surface area (Å²) in [5, 5.41) is 11.4. The molecule has 11 heteroatoms. The van der Waals surface area contributed by atoms with Gasteiger partial charge in [-0.2, -0.15) is 8.78 Å². The van der Waals surface area contributed by atoms with Gasteiger partial charge < -0.3 is 29.4 Å². The molecule has 0 radical (unpaired) electrons. The largest absolute Gasteiger partial charge is 0.496 e. The number of ether oxygens (including phenoxy) is 4. The van der Waals surface area contributed by atoms with Crippen molar-refractivity contribution in [1.29, 1.82) is 0 Å². The number of rotatable bonds is 11. The van der Waals surface area contributed by atoms with Crippen molar-refractivity contribution in [2.75, 3.05) is 40.8 Å². The first-order valence-corrected chi connectivity index (χ1v) is 9.85. The average molecular weight is 480 g/mol. The minimum absolute atomic E-state index is 0.256. The van der Waals surface area contributed by atoms with Crippen LogP contribution in [0.25, 0.3) is 6.08 Å². The Morgan fingerprint density at radius 2 is 1.59 bits per heavy atom. The fraction of sp³-hybridized carbons (Fsp3) is 0.304. The first kappa shape index (κ1) is 26.4. The first-order valence-electron chi connectivity index (χ1n) is 9.85. The summed E-state index contributed by atoms with van der Waals surface area (Å²) >= 11 is 0. The number of likely N-dealkylation sites (N-methyl/N-ethyl adjacent to an activating group) is 1. The van der Waals surface area contributed by atoms with Gasteiger partial charge in [-0.1, -0.05) is 0 Å². The van der Waals surface area contributed by atoms with E-state index in [9.17, 15) is 18.4 Å².